The summed E-state index contributed by atoms with van der Waals surface area (Å²) in [6, 6.07) is 3.65. The Balaban J connectivity index is 1.64. The lowest BCUT2D eigenvalue weighted by atomic mass is 9.55. The molecule has 2 fully saturated rings. The minimum Gasteiger partial charge on any atom is -0.504 e. The van der Waals surface area contributed by atoms with E-state index in [0.717, 1.165) is 38.5 Å². The zero-order valence-corrected chi connectivity index (χ0v) is 16.3. The smallest absolute Gasteiger partial charge is 0.308 e. The summed E-state index contributed by atoms with van der Waals surface area (Å²) in [5, 5.41) is 10.2. The highest BCUT2D eigenvalue weighted by Crippen LogP contribution is 2.62. The number of hydrogen-bond donors (Lipinski definition) is 1. The first kappa shape index (κ1) is 18.3. The fourth-order valence-electron chi connectivity index (χ4n) is 6.17. The molecule has 0 saturated heterocycles. The maximum atomic E-state index is 11.5. The molecule has 3 aliphatic rings. The second-order valence-electron chi connectivity index (χ2n) is 8.75. The van der Waals surface area contributed by atoms with Crippen LogP contribution in [0.15, 0.2) is 12.1 Å². The Morgan fingerprint density at radius 3 is 2.59 bits per heavy atom. The number of ether oxygens (including phenoxy) is 2. The molecule has 5 nitrogen and oxygen atoms in total. The van der Waals surface area contributed by atoms with E-state index in [2.05, 4.69) is 6.92 Å². The number of esters is 2. The molecule has 1 aromatic carbocycles. The van der Waals surface area contributed by atoms with Crippen LogP contribution >= 0.6 is 0 Å². The summed E-state index contributed by atoms with van der Waals surface area (Å²) in [6.45, 7) is 5.15. The van der Waals surface area contributed by atoms with Gasteiger partial charge >= 0.3 is 11.9 Å². The SMILES string of the molecule is CC(=O)Oc1cc2c(cc1O)CC[C@@H]1[C@@H]2CC[C@]2(C)[C@@H](OC(C)=O)CC[C@@H]12. The fourth-order valence-corrected chi connectivity index (χ4v) is 6.17. The van der Waals surface area contributed by atoms with Gasteiger partial charge < -0.3 is 14.6 Å². The number of aryl methyl sites for hydroxylation is 1. The number of carbonyl (C=O) groups is 2. The molecule has 2 saturated carbocycles. The summed E-state index contributed by atoms with van der Waals surface area (Å²) < 4.78 is 10.9. The van der Waals surface area contributed by atoms with Gasteiger partial charge in [0.25, 0.3) is 0 Å². The molecule has 1 aromatic rings. The summed E-state index contributed by atoms with van der Waals surface area (Å²) in [5.74, 6) is 1.20. The van der Waals surface area contributed by atoms with Crippen molar-refractivity contribution < 1.29 is 24.2 Å². The van der Waals surface area contributed by atoms with Gasteiger partial charge in [-0.25, -0.2) is 0 Å². The van der Waals surface area contributed by atoms with E-state index in [0.29, 0.717) is 17.8 Å². The normalized spacial score (nSPS) is 34.2. The van der Waals surface area contributed by atoms with E-state index in [-0.39, 0.29) is 29.0 Å². The predicted molar refractivity (Wildman–Crippen MR) is 99.6 cm³/mol. The van der Waals surface area contributed by atoms with Crippen LogP contribution in [0.1, 0.15) is 69.9 Å². The van der Waals surface area contributed by atoms with Gasteiger partial charge in [-0.05, 0) is 79.5 Å². The standard InChI is InChI=1S/C22H28O5/c1-12(23)26-20-11-17-14(10-19(20)25)4-5-16-15(17)8-9-22(3)18(16)6-7-21(22)27-13(2)24/h10-11,15-16,18,21,25H,4-9H2,1-3H3/t15-,16+,18-,21-,22-/m0/s1. The third-order valence-electron chi connectivity index (χ3n) is 7.28. The molecule has 146 valence electrons. The highest BCUT2D eigenvalue weighted by molar-refractivity contribution is 5.70. The Bertz CT molecular complexity index is 785. The van der Waals surface area contributed by atoms with Crippen molar-refractivity contribution in [2.75, 3.05) is 0 Å². The molecule has 0 aliphatic heterocycles. The number of rotatable bonds is 2. The van der Waals surface area contributed by atoms with Crippen molar-refractivity contribution in [3.8, 4) is 11.5 Å². The highest BCUT2D eigenvalue weighted by atomic mass is 16.5. The van der Waals surface area contributed by atoms with Crippen LogP contribution in [0.4, 0.5) is 0 Å². The Morgan fingerprint density at radius 1 is 1.11 bits per heavy atom. The Hall–Kier alpha value is -2.04. The number of carbonyl (C=O) groups excluding carboxylic acids is 2. The van der Waals surface area contributed by atoms with Crippen LogP contribution in [0.5, 0.6) is 11.5 Å². The van der Waals surface area contributed by atoms with Crippen molar-refractivity contribution in [3.05, 3.63) is 23.3 Å². The van der Waals surface area contributed by atoms with Crippen molar-refractivity contribution in [2.24, 2.45) is 17.3 Å². The molecule has 0 amide bonds. The molecule has 5 atom stereocenters. The van der Waals surface area contributed by atoms with Crippen molar-refractivity contribution in [1.82, 2.24) is 0 Å². The van der Waals surface area contributed by atoms with Gasteiger partial charge in [0.05, 0.1) is 0 Å². The summed E-state index contributed by atoms with van der Waals surface area (Å²) in [4.78, 5) is 22.9. The van der Waals surface area contributed by atoms with Crippen LogP contribution in [0.2, 0.25) is 0 Å². The van der Waals surface area contributed by atoms with E-state index >= 15 is 0 Å². The number of fused-ring (bicyclic) bond motifs is 5. The molecule has 0 spiro atoms. The van der Waals surface area contributed by atoms with Gasteiger partial charge in [-0.1, -0.05) is 6.92 Å². The monoisotopic (exact) mass is 372 g/mol. The third kappa shape index (κ3) is 3.01. The van der Waals surface area contributed by atoms with Crippen LogP contribution in [-0.2, 0) is 20.7 Å². The summed E-state index contributed by atoms with van der Waals surface area (Å²) >= 11 is 0. The van der Waals surface area contributed by atoms with E-state index in [4.69, 9.17) is 9.47 Å². The Labute approximate surface area is 160 Å². The first-order valence-corrected chi connectivity index (χ1v) is 10.0. The lowest BCUT2D eigenvalue weighted by molar-refractivity contribution is -0.154. The van der Waals surface area contributed by atoms with Gasteiger partial charge in [0.15, 0.2) is 11.5 Å². The number of phenols is 1. The molecule has 4 rings (SSSR count). The second-order valence-corrected chi connectivity index (χ2v) is 8.75. The molecule has 5 heteroatoms. The molecule has 0 bridgehead atoms. The Kier molecular flexibility index (Phi) is 4.44. The maximum absolute atomic E-state index is 11.5. The Morgan fingerprint density at radius 2 is 1.89 bits per heavy atom. The quantitative estimate of drug-likeness (QED) is 0.625. The van der Waals surface area contributed by atoms with Crippen molar-refractivity contribution in [3.63, 3.8) is 0 Å². The average molecular weight is 372 g/mol. The molecule has 0 heterocycles. The average Bonchev–Trinajstić information content (AvgIpc) is 2.91. The van der Waals surface area contributed by atoms with Gasteiger partial charge in [0.1, 0.15) is 6.10 Å². The molecule has 0 aromatic heterocycles. The van der Waals surface area contributed by atoms with Crippen LogP contribution in [-0.4, -0.2) is 23.1 Å². The predicted octanol–water partition coefficient (Wildman–Crippen LogP) is 4.11. The van der Waals surface area contributed by atoms with E-state index in [1.54, 1.807) is 6.07 Å². The highest BCUT2D eigenvalue weighted by Gasteiger charge is 2.56. The van der Waals surface area contributed by atoms with E-state index in [9.17, 15) is 14.7 Å². The van der Waals surface area contributed by atoms with Gasteiger partial charge in [0.2, 0.25) is 0 Å². The van der Waals surface area contributed by atoms with Crippen LogP contribution < -0.4 is 4.74 Å². The number of aromatic hydroxyl groups is 1. The molecule has 0 radical (unpaired) electrons. The summed E-state index contributed by atoms with van der Waals surface area (Å²) in [5.41, 5.74) is 2.45. The largest absolute Gasteiger partial charge is 0.504 e. The second kappa shape index (κ2) is 6.54. The topological polar surface area (TPSA) is 72.8 Å². The third-order valence-corrected chi connectivity index (χ3v) is 7.28. The van der Waals surface area contributed by atoms with Crippen molar-refractivity contribution >= 4 is 11.9 Å². The lowest BCUT2D eigenvalue weighted by Gasteiger charge is -2.50. The first-order valence-electron chi connectivity index (χ1n) is 10.0. The number of phenolic OH excluding ortho intramolecular Hbond substituents is 1. The van der Waals surface area contributed by atoms with Crippen molar-refractivity contribution in [2.45, 2.75) is 71.3 Å². The van der Waals surface area contributed by atoms with Crippen LogP contribution in [0, 0.1) is 17.3 Å². The number of benzene rings is 1. The van der Waals surface area contributed by atoms with Crippen LogP contribution in [0.25, 0.3) is 0 Å². The molecular weight excluding hydrogens is 344 g/mol. The zero-order valence-electron chi connectivity index (χ0n) is 16.3. The van der Waals surface area contributed by atoms with Gasteiger partial charge in [-0.2, -0.15) is 0 Å². The van der Waals surface area contributed by atoms with E-state index in [1.165, 1.54) is 25.0 Å². The minimum atomic E-state index is -0.422. The van der Waals surface area contributed by atoms with E-state index in [1.807, 2.05) is 6.07 Å². The fraction of sp³-hybridized carbons (Fsp3) is 0.636. The maximum Gasteiger partial charge on any atom is 0.308 e. The molecule has 27 heavy (non-hydrogen) atoms. The van der Waals surface area contributed by atoms with Crippen LogP contribution in [0.3, 0.4) is 0 Å². The molecular formula is C22H28O5. The lowest BCUT2D eigenvalue weighted by Crippen LogP contribution is -2.45. The molecule has 1 N–H and O–H groups in total. The number of hydrogen-bond acceptors (Lipinski definition) is 5. The first-order chi connectivity index (χ1) is 12.8. The summed E-state index contributed by atoms with van der Waals surface area (Å²) in [6.07, 6.45) is 6.16. The molecule has 0 unspecified atom stereocenters. The zero-order chi connectivity index (χ0) is 19.3. The van der Waals surface area contributed by atoms with Crippen molar-refractivity contribution in [1.29, 1.82) is 0 Å². The minimum absolute atomic E-state index is 0.0266. The van der Waals surface area contributed by atoms with Gasteiger partial charge in [0, 0.05) is 19.3 Å². The van der Waals surface area contributed by atoms with E-state index < -0.39 is 5.97 Å². The summed E-state index contributed by atoms with van der Waals surface area (Å²) in [7, 11) is 0. The van der Waals surface area contributed by atoms with Gasteiger partial charge in [-0.15, -0.1) is 0 Å². The molecule has 3 aliphatic carbocycles. The van der Waals surface area contributed by atoms with Gasteiger partial charge in [-0.3, -0.25) is 9.59 Å².